The molecular weight excluding hydrogens is 246 g/mol. The fraction of sp³-hybridized carbons (Fsp3) is 0.286. The summed E-state index contributed by atoms with van der Waals surface area (Å²) in [5.41, 5.74) is 2.13. The molecule has 0 atom stereocenters. The van der Waals surface area contributed by atoms with Crippen LogP contribution in [-0.4, -0.2) is 30.6 Å². The van der Waals surface area contributed by atoms with Gasteiger partial charge in [0.15, 0.2) is 0 Å². The van der Waals surface area contributed by atoms with Gasteiger partial charge in [-0.2, -0.15) is 0 Å². The summed E-state index contributed by atoms with van der Waals surface area (Å²) in [7, 11) is 1.32. The van der Waals surface area contributed by atoms with Gasteiger partial charge in [-0.05, 0) is 25.5 Å². The fourth-order valence-electron chi connectivity index (χ4n) is 2.04. The third-order valence-electron chi connectivity index (χ3n) is 2.98. The molecule has 0 saturated carbocycles. The van der Waals surface area contributed by atoms with Crippen LogP contribution in [0, 0.1) is 6.92 Å². The molecule has 0 amide bonds. The normalized spacial score (nSPS) is 10.5. The number of aromatic nitrogens is 1. The van der Waals surface area contributed by atoms with E-state index in [0.29, 0.717) is 23.4 Å². The number of esters is 2. The molecule has 0 aliphatic carbocycles. The number of aryl methyl sites for hydroxylation is 1. The smallest absolute Gasteiger partial charge is 0.355 e. The van der Waals surface area contributed by atoms with Crippen molar-refractivity contribution in [3.8, 4) is 0 Å². The molecule has 1 heterocycles. The van der Waals surface area contributed by atoms with E-state index in [1.807, 2.05) is 13.0 Å². The lowest BCUT2D eigenvalue weighted by Crippen LogP contribution is -2.06. The number of fused-ring (bicyclic) bond motifs is 1. The van der Waals surface area contributed by atoms with Crippen LogP contribution in [0.5, 0.6) is 0 Å². The third-order valence-corrected chi connectivity index (χ3v) is 2.98. The Labute approximate surface area is 110 Å². The van der Waals surface area contributed by atoms with Crippen molar-refractivity contribution >= 4 is 22.8 Å². The number of rotatable bonds is 3. The number of aromatic amines is 1. The zero-order valence-corrected chi connectivity index (χ0v) is 11.1. The predicted octanol–water partition coefficient (Wildman–Crippen LogP) is 2.44. The minimum Gasteiger partial charge on any atom is -0.465 e. The highest BCUT2D eigenvalue weighted by atomic mass is 16.5. The van der Waals surface area contributed by atoms with E-state index < -0.39 is 11.9 Å². The van der Waals surface area contributed by atoms with Gasteiger partial charge < -0.3 is 14.5 Å². The zero-order valence-electron chi connectivity index (χ0n) is 11.1. The fourth-order valence-corrected chi connectivity index (χ4v) is 2.04. The SMILES string of the molecule is CCOC(=O)c1[nH]c2c(C(=O)OC)cccc2c1C. The standard InChI is InChI=1S/C14H15NO4/c1-4-19-14(17)11-8(2)9-6-5-7-10(12(9)15-11)13(16)18-3/h5-7,15H,4H2,1-3H3. The van der Waals surface area contributed by atoms with E-state index in [1.54, 1.807) is 19.1 Å². The molecule has 1 aromatic heterocycles. The molecule has 0 bridgehead atoms. The van der Waals surface area contributed by atoms with Crippen molar-refractivity contribution in [1.29, 1.82) is 0 Å². The van der Waals surface area contributed by atoms with Crippen LogP contribution in [0.15, 0.2) is 18.2 Å². The summed E-state index contributed by atoms with van der Waals surface area (Å²) in [6.07, 6.45) is 0. The Morgan fingerprint density at radius 3 is 2.63 bits per heavy atom. The molecule has 0 radical (unpaired) electrons. The monoisotopic (exact) mass is 261 g/mol. The van der Waals surface area contributed by atoms with Crippen LogP contribution in [0.4, 0.5) is 0 Å². The number of benzene rings is 1. The van der Waals surface area contributed by atoms with Gasteiger partial charge in [-0.3, -0.25) is 0 Å². The van der Waals surface area contributed by atoms with Gasteiger partial charge in [-0.25, -0.2) is 9.59 Å². The molecule has 0 saturated heterocycles. The highest BCUT2D eigenvalue weighted by molar-refractivity contribution is 6.07. The number of H-pyrrole nitrogens is 1. The van der Waals surface area contributed by atoms with Crippen molar-refractivity contribution in [1.82, 2.24) is 4.98 Å². The van der Waals surface area contributed by atoms with Gasteiger partial charge in [0, 0.05) is 5.39 Å². The topological polar surface area (TPSA) is 68.4 Å². The molecule has 5 heteroatoms. The Kier molecular flexibility index (Phi) is 3.55. The Morgan fingerprint density at radius 1 is 1.26 bits per heavy atom. The summed E-state index contributed by atoms with van der Waals surface area (Å²) in [6.45, 7) is 3.86. The second-order valence-electron chi connectivity index (χ2n) is 4.07. The van der Waals surface area contributed by atoms with Crippen LogP contribution in [0.3, 0.4) is 0 Å². The predicted molar refractivity (Wildman–Crippen MR) is 70.3 cm³/mol. The molecule has 100 valence electrons. The molecule has 2 aromatic rings. The van der Waals surface area contributed by atoms with E-state index in [-0.39, 0.29) is 0 Å². The largest absolute Gasteiger partial charge is 0.465 e. The summed E-state index contributed by atoms with van der Waals surface area (Å²) >= 11 is 0. The van der Waals surface area contributed by atoms with Crippen molar-refractivity contribution in [2.75, 3.05) is 13.7 Å². The second-order valence-corrected chi connectivity index (χ2v) is 4.07. The van der Waals surface area contributed by atoms with Crippen molar-refractivity contribution in [3.63, 3.8) is 0 Å². The average molecular weight is 261 g/mol. The van der Waals surface area contributed by atoms with Gasteiger partial charge in [0.1, 0.15) is 5.69 Å². The lowest BCUT2D eigenvalue weighted by molar-refractivity contribution is 0.0518. The van der Waals surface area contributed by atoms with Gasteiger partial charge >= 0.3 is 11.9 Å². The molecule has 2 rings (SSSR count). The Morgan fingerprint density at radius 2 is 2.00 bits per heavy atom. The molecule has 5 nitrogen and oxygen atoms in total. The molecule has 1 N–H and O–H groups in total. The molecule has 0 aliphatic rings. The van der Waals surface area contributed by atoms with Gasteiger partial charge in [0.25, 0.3) is 0 Å². The summed E-state index contributed by atoms with van der Waals surface area (Å²) in [5, 5.41) is 0.811. The van der Waals surface area contributed by atoms with E-state index in [4.69, 9.17) is 9.47 Å². The van der Waals surface area contributed by atoms with E-state index >= 15 is 0 Å². The molecule has 0 unspecified atom stereocenters. The first-order valence-electron chi connectivity index (χ1n) is 5.96. The van der Waals surface area contributed by atoms with E-state index in [0.717, 1.165) is 10.9 Å². The first-order valence-corrected chi connectivity index (χ1v) is 5.96. The number of methoxy groups -OCH3 is 1. The zero-order chi connectivity index (χ0) is 14.0. The summed E-state index contributed by atoms with van der Waals surface area (Å²) in [5.74, 6) is -0.866. The minimum absolute atomic E-state index is 0.303. The average Bonchev–Trinajstić information content (AvgIpc) is 2.76. The van der Waals surface area contributed by atoms with Crippen LogP contribution in [0.2, 0.25) is 0 Å². The second kappa shape index (κ2) is 5.14. The maximum absolute atomic E-state index is 11.8. The maximum Gasteiger partial charge on any atom is 0.355 e. The van der Waals surface area contributed by atoms with Crippen molar-refractivity contribution in [2.45, 2.75) is 13.8 Å². The van der Waals surface area contributed by atoms with E-state index in [1.165, 1.54) is 7.11 Å². The minimum atomic E-state index is -0.442. The molecule has 0 spiro atoms. The van der Waals surface area contributed by atoms with E-state index in [2.05, 4.69) is 4.98 Å². The first kappa shape index (κ1) is 13.1. The molecule has 1 aromatic carbocycles. The Hall–Kier alpha value is -2.30. The summed E-state index contributed by atoms with van der Waals surface area (Å²) < 4.78 is 9.70. The molecule has 19 heavy (non-hydrogen) atoms. The van der Waals surface area contributed by atoms with Gasteiger partial charge in [-0.15, -0.1) is 0 Å². The summed E-state index contributed by atoms with van der Waals surface area (Å²) in [4.78, 5) is 26.5. The van der Waals surface area contributed by atoms with Crippen LogP contribution >= 0.6 is 0 Å². The van der Waals surface area contributed by atoms with Gasteiger partial charge in [0.2, 0.25) is 0 Å². The highest BCUT2D eigenvalue weighted by Crippen LogP contribution is 2.25. The highest BCUT2D eigenvalue weighted by Gasteiger charge is 2.19. The number of carbonyl (C=O) groups excluding carboxylic acids is 2. The van der Waals surface area contributed by atoms with Crippen LogP contribution in [0.1, 0.15) is 33.3 Å². The number of ether oxygens (including phenoxy) is 2. The molecule has 0 fully saturated rings. The number of nitrogens with one attached hydrogen (secondary N) is 1. The Bertz CT molecular complexity index is 642. The summed E-state index contributed by atoms with van der Waals surface area (Å²) in [6, 6.07) is 5.25. The number of para-hydroxylation sites is 1. The maximum atomic E-state index is 11.8. The van der Waals surface area contributed by atoms with Crippen molar-refractivity contribution in [3.05, 3.63) is 35.0 Å². The Balaban J connectivity index is 2.62. The van der Waals surface area contributed by atoms with Crippen molar-refractivity contribution in [2.24, 2.45) is 0 Å². The van der Waals surface area contributed by atoms with Crippen LogP contribution < -0.4 is 0 Å². The van der Waals surface area contributed by atoms with Crippen molar-refractivity contribution < 1.29 is 19.1 Å². The first-order chi connectivity index (χ1) is 9.10. The number of hydrogen-bond donors (Lipinski definition) is 1. The quantitative estimate of drug-likeness (QED) is 0.862. The van der Waals surface area contributed by atoms with Crippen LogP contribution in [0.25, 0.3) is 10.9 Å². The number of hydrogen-bond acceptors (Lipinski definition) is 4. The molecular formula is C14H15NO4. The van der Waals surface area contributed by atoms with Crippen LogP contribution in [-0.2, 0) is 9.47 Å². The lowest BCUT2D eigenvalue weighted by atomic mass is 10.1. The number of carbonyl (C=O) groups is 2. The lowest BCUT2D eigenvalue weighted by Gasteiger charge is -2.00. The van der Waals surface area contributed by atoms with Gasteiger partial charge in [0.05, 0.1) is 24.8 Å². The van der Waals surface area contributed by atoms with E-state index in [9.17, 15) is 9.59 Å². The third kappa shape index (κ3) is 2.19. The van der Waals surface area contributed by atoms with Gasteiger partial charge in [-0.1, -0.05) is 12.1 Å². The molecule has 0 aliphatic heterocycles.